The van der Waals surface area contributed by atoms with E-state index >= 15 is 0 Å². The SMILES string of the molecule is CN1CCN(c2ccc(Nc3ccnc4ccc(-c5ccc(Cl)cc5)cc34)cn2)CC1. The number of nitrogens with zero attached hydrogens (tertiary/aromatic N) is 4. The van der Waals surface area contributed by atoms with Gasteiger partial charge < -0.3 is 15.1 Å². The van der Waals surface area contributed by atoms with E-state index in [1.165, 1.54) is 0 Å². The van der Waals surface area contributed by atoms with Gasteiger partial charge in [0, 0.05) is 48.5 Å². The Hall–Kier alpha value is -3.15. The number of anilines is 3. The molecule has 1 N–H and O–H groups in total. The largest absolute Gasteiger partial charge is 0.354 e. The van der Waals surface area contributed by atoms with E-state index in [2.05, 4.69) is 57.5 Å². The Morgan fingerprint density at radius 3 is 2.35 bits per heavy atom. The van der Waals surface area contributed by atoms with Crippen LogP contribution in [-0.2, 0) is 0 Å². The molecule has 2 aromatic carbocycles. The molecule has 3 heterocycles. The molecule has 0 unspecified atom stereocenters. The van der Waals surface area contributed by atoms with E-state index in [4.69, 9.17) is 16.6 Å². The maximum Gasteiger partial charge on any atom is 0.128 e. The van der Waals surface area contributed by atoms with Gasteiger partial charge >= 0.3 is 0 Å². The van der Waals surface area contributed by atoms with Crippen molar-refractivity contribution in [1.82, 2.24) is 14.9 Å². The van der Waals surface area contributed by atoms with E-state index in [0.717, 1.165) is 70.4 Å². The molecule has 1 aliphatic heterocycles. The van der Waals surface area contributed by atoms with E-state index < -0.39 is 0 Å². The molecule has 1 fully saturated rings. The van der Waals surface area contributed by atoms with E-state index in [-0.39, 0.29) is 0 Å². The second-order valence-corrected chi connectivity index (χ2v) is 8.35. The second-order valence-electron chi connectivity index (χ2n) is 7.92. The van der Waals surface area contributed by atoms with Crippen molar-refractivity contribution in [3.8, 4) is 11.1 Å². The highest BCUT2D eigenvalue weighted by molar-refractivity contribution is 6.30. The summed E-state index contributed by atoms with van der Waals surface area (Å²) in [5, 5.41) is 5.33. The molecule has 156 valence electrons. The van der Waals surface area contributed by atoms with Crippen LogP contribution in [0.4, 0.5) is 17.2 Å². The summed E-state index contributed by atoms with van der Waals surface area (Å²) in [6, 6.07) is 20.4. The first-order valence-corrected chi connectivity index (χ1v) is 10.8. The normalized spacial score (nSPS) is 14.7. The van der Waals surface area contributed by atoms with Crippen molar-refractivity contribution in [3.63, 3.8) is 0 Å². The minimum absolute atomic E-state index is 0.737. The van der Waals surface area contributed by atoms with Crippen LogP contribution < -0.4 is 10.2 Å². The molecule has 4 aromatic rings. The summed E-state index contributed by atoms with van der Waals surface area (Å²) in [6.07, 6.45) is 3.74. The zero-order valence-electron chi connectivity index (χ0n) is 17.4. The van der Waals surface area contributed by atoms with Gasteiger partial charge in [-0.3, -0.25) is 4.98 Å². The van der Waals surface area contributed by atoms with Crippen molar-refractivity contribution in [2.75, 3.05) is 43.4 Å². The van der Waals surface area contributed by atoms with Crippen LogP contribution in [0.15, 0.2) is 73.1 Å². The highest BCUT2D eigenvalue weighted by Gasteiger charge is 2.15. The van der Waals surface area contributed by atoms with Gasteiger partial charge in [0.15, 0.2) is 0 Å². The standard InChI is InChI=1S/C25H24ClN5/c1-30-12-14-31(15-13-30)25-9-7-21(17-28-25)29-24-10-11-27-23-8-4-19(16-22(23)24)18-2-5-20(26)6-3-18/h2-11,16-17H,12-15H2,1H3,(H,27,29). The lowest BCUT2D eigenvalue weighted by atomic mass is 10.0. The summed E-state index contributed by atoms with van der Waals surface area (Å²) >= 11 is 6.05. The number of aromatic nitrogens is 2. The molecule has 0 aliphatic carbocycles. The highest BCUT2D eigenvalue weighted by atomic mass is 35.5. The zero-order chi connectivity index (χ0) is 21.2. The number of pyridine rings is 2. The summed E-state index contributed by atoms with van der Waals surface area (Å²) in [4.78, 5) is 13.9. The molecule has 0 bridgehead atoms. The number of halogens is 1. The molecule has 0 amide bonds. The summed E-state index contributed by atoms with van der Waals surface area (Å²) in [7, 11) is 2.16. The van der Waals surface area contributed by atoms with E-state index in [0.29, 0.717) is 0 Å². The van der Waals surface area contributed by atoms with Gasteiger partial charge in [0.2, 0.25) is 0 Å². The summed E-state index contributed by atoms with van der Waals surface area (Å²) in [5.41, 5.74) is 5.17. The van der Waals surface area contributed by atoms with Crippen LogP contribution in [0.25, 0.3) is 22.0 Å². The lowest BCUT2D eigenvalue weighted by Gasteiger charge is -2.33. The smallest absolute Gasteiger partial charge is 0.128 e. The zero-order valence-corrected chi connectivity index (χ0v) is 18.2. The van der Waals surface area contributed by atoms with Gasteiger partial charge in [-0.15, -0.1) is 0 Å². The van der Waals surface area contributed by atoms with Crippen molar-refractivity contribution in [1.29, 1.82) is 0 Å². The number of piperazine rings is 1. The number of rotatable bonds is 4. The van der Waals surface area contributed by atoms with Gasteiger partial charge in [-0.2, -0.15) is 0 Å². The molecule has 2 aromatic heterocycles. The Morgan fingerprint density at radius 1 is 0.839 bits per heavy atom. The van der Waals surface area contributed by atoms with Gasteiger partial charge in [0.05, 0.1) is 17.4 Å². The fraction of sp³-hybridized carbons (Fsp3) is 0.200. The molecular formula is C25H24ClN5. The maximum absolute atomic E-state index is 6.05. The number of likely N-dealkylation sites (N-methyl/N-ethyl adjacent to an activating group) is 1. The summed E-state index contributed by atoms with van der Waals surface area (Å²) in [6.45, 7) is 4.17. The van der Waals surface area contributed by atoms with Crippen molar-refractivity contribution in [3.05, 3.63) is 78.1 Å². The predicted molar refractivity (Wildman–Crippen MR) is 129 cm³/mol. The van der Waals surface area contributed by atoms with E-state index in [9.17, 15) is 0 Å². The molecule has 1 aliphatic rings. The lowest BCUT2D eigenvalue weighted by molar-refractivity contribution is 0.312. The van der Waals surface area contributed by atoms with Crippen molar-refractivity contribution < 1.29 is 0 Å². The van der Waals surface area contributed by atoms with Crippen molar-refractivity contribution in [2.45, 2.75) is 0 Å². The molecule has 5 nitrogen and oxygen atoms in total. The topological polar surface area (TPSA) is 44.3 Å². The number of benzene rings is 2. The molecule has 0 spiro atoms. The van der Waals surface area contributed by atoms with Gasteiger partial charge in [-0.1, -0.05) is 29.8 Å². The first-order chi connectivity index (χ1) is 15.2. The molecule has 31 heavy (non-hydrogen) atoms. The lowest BCUT2D eigenvalue weighted by Crippen LogP contribution is -2.44. The minimum atomic E-state index is 0.737. The van der Waals surface area contributed by atoms with E-state index in [1.54, 1.807) is 0 Å². The Bertz CT molecular complexity index is 1180. The maximum atomic E-state index is 6.05. The molecule has 0 radical (unpaired) electrons. The van der Waals surface area contributed by atoms with Crippen LogP contribution >= 0.6 is 11.6 Å². The number of nitrogens with one attached hydrogen (secondary N) is 1. The number of hydrogen-bond donors (Lipinski definition) is 1. The summed E-state index contributed by atoms with van der Waals surface area (Å²) < 4.78 is 0. The molecule has 6 heteroatoms. The number of fused-ring (bicyclic) bond motifs is 1. The Morgan fingerprint density at radius 2 is 1.61 bits per heavy atom. The van der Waals surface area contributed by atoms with Gasteiger partial charge in [0.25, 0.3) is 0 Å². The summed E-state index contributed by atoms with van der Waals surface area (Å²) in [5.74, 6) is 1.03. The average molecular weight is 430 g/mol. The van der Waals surface area contributed by atoms with Gasteiger partial charge in [-0.05, 0) is 60.6 Å². The van der Waals surface area contributed by atoms with Gasteiger partial charge in [0.1, 0.15) is 5.82 Å². The Labute approximate surface area is 187 Å². The van der Waals surface area contributed by atoms with Gasteiger partial charge in [-0.25, -0.2) is 4.98 Å². The van der Waals surface area contributed by atoms with Crippen LogP contribution in [0.1, 0.15) is 0 Å². The molecule has 0 saturated carbocycles. The quantitative estimate of drug-likeness (QED) is 0.467. The average Bonchev–Trinajstić information content (AvgIpc) is 2.81. The predicted octanol–water partition coefficient (Wildman–Crippen LogP) is 5.45. The molecule has 1 saturated heterocycles. The fourth-order valence-corrected chi connectivity index (χ4v) is 4.04. The Kier molecular flexibility index (Phi) is 5.45. The molecule has 5 rings (SSSR count). The third-order valence-electron chi connectivity index (χ3n) is 5.77. The highest BCUT2D eigenvalue weighted by Crippen LogP contribution is 2.30. The first-order valence-electron chi connectivity index (χ1n) is 10.5. The molecule has 0 atom stereocenters. The third-order valence-corrected chi connectivity index (χ3v) is 6.03. The second kappa shape index (κ2) is 8.53. The number of hydrogen-bond acceptors (Lipinski definition) is 5. The fourth-order valence-electron chi connectivity index (χ4n) is 3.92. The Balaban J connectivity index is 1.41. The van der Waals surface area contributed by atoms with Crippen LogP contribution in [0, 0.1) is 0 Å². The van der Waals surface area contributed by atoms with Crippen LogP contribution in [0.3, 0.4) is 0 Å². The van der Waals surface area contributed by atoms with Crippen molar-refractivity contribution in [2.24, 2.45) is 0 Å². The van der Waals surface area contributed by atoms with Crippen LogP contribution in [-0.4, -0.2) is 48.1 Å². The van der Waals surface area contributed by atoms with Crippen LogP contribution in [0.2, 0.25) is 5.02 Å². The monoisotopic (exact) mass is 429 g/mol. The third kappa shape index (κ3) is 4.33. The molecular weight excluding hydrogens is 406 g/mol. The minimum Gasteiger partial charge on any atom is -0.354 e. The van der Waals surface area contributed by atoms with E-state index in [1.807, 2.05) is 42.7 Å². The van der Waals surface area contributed by atoms with Crippen LogP contribution in [0.5, 0.6) is 0 Å². The first kappa shape index (κ1) is 19.8. The van der Waals surface area contributed by atoms with Crippen molar-refractivity contribution >= 4 is 39.7 Å².